The predicted molar refractivity (Wildman–Crippen MR) is 139 cm³/mol. The van der Waals surface area contributed by atoms with Crippen LogP contribution in [0.2, 0.25) is 0 Å². The van der Waals surface area contributed by atoms with Crippen molar-refractivity contribution in [1.82, 2.24) is 4.90 Å². The Labute approximate surface area is 228 Å². The van der Waals surface area contributed by atoms with Crippen molar-refractivity contribution in [1.29, 1.82) is 0 Å². The fourth-order valence-electron chi connectivity index (χ4n) is 6.71. The topological polar surface area (TPSA) is 124 Å². The molecule has 0 amide bonds. The minimum Gasteiger partial charge on any atom is -0.497 e. The molecule has 5 rings (SSSR count). The molecular weight excluding hydrogens is 506 g/mol. The van der Waals surface area contributed by atoms with Gasteiger partial charge in [0, 0.05) is 6.54 Å². The van der Waals surface area contributed by atoms with Gasteiger partial charge in [0.05, 0.1) is 37.7 Å². The molecule has 0 bridgehead atoms. The van der Waals surface area contributed by atoms with E-state index in [0.29, 0.717) is 30.1 Å². The summed E-state index contributed by atoms with van der Waals surface area (Å²) < 4.78 is 28.1. The van der Waals surface area contributed by atoms with Crippen molar-refractivity contribution >= 4 is 11.9 Å². The number of carbonyl (C=O) groups excluding carboxylic acids is 2. The van der Waals surface area contributed by atoms with Crippen molar-refractivity contribution in [2.24, 2.45) is 0 Å². The molecule has 0 unspecified atom stereocenters. The first-order valence-corrected chi connectivity index (χ1v) is 13.7. The molecule has 10 nitrogen and oxygen atoms in total. The van der Waals surface area contributed by atoms with Gasteiger partial charge in [0.25, 0.3) is 0 Å². The maximum Gasteiger partial charge on any atom is 0.339 e. The number of carbonyl (C=O) groups is 2. The molecule has 1 fully saturated rings. The molecule has 1 spiro atoms. The fraction of sp³-hybridized carbons (Fsp3) is 0.655. The highest BCUT2D eigenvalue weighted by Crippen LogP contribution is 2.55. The highest BCUT2D eigenvalue weighted by Gasteiger charge is 2.59. The van der Waals surface area contributed by atoms with Gasteiger partial charge in [-0.25, -0.2) is 4.79 Å². The average molecular weight is 546 g/mol. The summed E-state index contributed by atoms with van der Waals surface area (Å²) in [5, 5.41) is 21.6. The van der Waals surface area contributed by atoms with Crippen molar-refractivity contribution in [3.63, 3.8) is 0 Å². The Hall–Kier alpha value is -2.82. The number of benzene rings is 1. The number of ether oxygens (including phenoxy) is 5. The minimum absolute atomic E-state index is 0.0686. The number of methoxy groups -OCH3 is 2. The first-order valence-electron chi connectivity index (χ1n) is 13.7. The lowest BCUT2D eigenvalue weighted by atomic mass is 9.77. The van der Waals surface area contributed by atoms with Crippen LogP contribution >= 0.6 is 0 Å². The van der Waals surface area contributed by atoms with E-state index >= 15 is 0 Å². The average Bonchev–Trinajstić information content (AvgIpc) is 3.56. The molecule has 1 aromatic carbocycles. The lowest BCUT2D eigenvalue weighted by Crippen LogP contribution is -2.49. The largest absolute Gasteiger partial charge is 0.497 e. The second kappa shape index (κ2) is 10.3. The van der Waals surface area contributed by atoms with Crippen LogP contribution in [0.1, 0.15) is 69.4 Å². The van der Waals surface area contributed by atoms with E-state index < -0.39 is 41.2 Å². The van der Waals surface area contributed by atoms with Gasteiger partial charge in [-0.1, -0.05) is 0 Å². The monoisotopic (exact) mass is 545 g/mol. The molecule has 2 N–H and O–H groups in total. The standard InChI is InChI=1S/C29H39NO9/c1-27(2,33)8-5-10-29(34,16-23(31)36-4)26(32)39-25-22(35-3)15-28-9-6-11-30(28)12-7-18-13-20-21(38-17-37-20)14-19(18)24(25)28/h13-15,24-25,33-34H,5-12,16-17H2,1-4H3/t24-,25-,28-,29+/m0/s1. The molecule has 3 heterocycles. The number of aliphatic hydroxyl groups is 2. The van der Waals surface area contributed by atoms with E-state index in [1.165, 1.54) is 7.11 Å². The molecule has 1 aliphatic carbocycles. The van der Waals surface area contributed by atoms with Crippen molar-refractivity contribution in [2.75, 3.05) is 34.1 Å². The lowest BCUT2D eigenvalue weighted by molar-refractivity contribution is -0.178. The van der Waals surface area contributed by atoms with E-state index in [1.54, 1.807) is 21.0 Å². The van der Waals surface area contributed by atoms with Crippen LogP contribution in [-0.4, -0.2) is 84.0 Å². The maximum absolute atomic E-state index is 13.8. The fourth-order valence-corrected chi connectivity index (χ4v) is 6.71. The molecule has 1 aromatic rings. The number of hydrogen-bond acceptors (Lipinski definition) is 10. The zero-order valence-corrected chi connectivity index (χ0v) is 23.2. The van der Waals surface area contributed by atoms with Crippen molar-refractivity contribution < 1.29 is 43.5 Å². The second-order valence-electron chi connectivity index (χ2n) is 11.7. The van der Waals surface area contributed by atoms with E-state index in [1.807, 2.05) is 12.1 Å². The maximum atomic E-state index is 13.8. The summed E-state index contributed by atoms with van der Waals surface area (Å²) in [5.74, 6) is -0.0645. The molecule has 4 aliphatic rings. The van der Waals surface area contributed by atoms with Crippen molar-refractivity contribution in [3.8, 4) is 11.5 Å². The number of esters is 2. The quantitative estimate of drug-likeness (QED) is 0.448. The molecule has 1 saturated heterocycles. The van der Waals surface area contributed by atoms with Crippen LogP contribution in [0.25, 0.3) is 0 Å². The van der Waals surface area contributed by atoms with E-state index in [9.17, 15) is 19.8 Å². The Kier molecular flexibility index (Phi) is 7.32. The Morgan fingerprint density at radius 3 is 2.56 bits per heavy atom. The molecule has 3 aliphatic heterocycles. The summed E-state index contributed by atoms with van der Waals surface area (Å²) in [6.45, 7) is 5.21. The van der Waals surface area contributed by atoms with Crippen molar-refractivity contribution in [2.45, 2.75) is 87.6 Å². The van der Waals surface area contributed by atoms with Crippen LogP contribution in [0.4, 0.5) is 0 Å². The van der Waals surface area contributed by atoms with Gasteiger partial charge in [0.15, 0.2) is 23.2 Å². The molecule has 39 heavy (non-hydrogen) atoms. The summed E-state index contributed by atoms with van der Waals surface area (Å²) in [5.41, 5.74) is -1.42. The molecule has 0 saturated carbocycles. The van der Waals surface area contributed by atoms with Gasteiger partial charge < -0.3 is 33.9 Å². The molecule has 214 valence electrons. The highest BCUT2D eigenvalue weighted by molar-refractivity contribution is 5.86. The number of rotatable bonds is 9. The van der Waals surface area contributed by atoms with Gasteiger partial charge in [-0.3, -0.25) is 9.69 Å². The Morgan fingerprint density at radius 2 is 1.87 bits per heavy atom. The van der Waals surface area contributed by atoms with Crippen LogP contribution in [0.5, 0.6) is 11.5 Å². The third-order valence-corrected chi connectivity index (χ3v) is 8.62. The smallest absolute Gasteiger partial charge is 0.339 e. The van der Waals surface area contributed by atoms with E-state index in [0.717, 1.165) is 43.5 Å². The number of fused-ring (bicyclic) bond motifs is 3. The highest BCUT2D eigenvalue weighted by atomic mass is 16.7. The van der Waals surface area contributed by atoms with Crippen LogP contribution in [0.3, 0.4) is 0 Å². The number of nitrogens with zero attached hydrogens (tertiary/aromatic N) is 1. The summed E-state index contributed by atoms with van der Waals surface area (Å²) in [4.78, 5) is 28.4. The predicted octanol–water partition coefficient (Wildman–Crippen LogP) is 2.58. The summed E-state index contributed by atoms with van der Waals surface area (Å²) in [7, 11) is 2.76. The first-order chi connectivity index (χ1) is 18.5. The number of hydrogen-bond donors (Lipinski definition) is 2. The minimum atomic E-state index is -2.12. The van der Waals surface area contributed by atoms with Crippen LogP contribution in [-0.2, 0) is 30.2 Å². The summed E-state index contributed by atoms with van der Waals surface area (Å²) >= 11 is 0. The lowest BCUT2D eigenvalue weighted by Gasteiger charge is -2.39. The second-order valence-corrected chi connectivity index (χ2v) is 11.7. The van der Waals surface area contributed by atoms with E-state index in [2.05, 4.69) is 11.0 Å². The van der Waals surface area contributed by atoms with E-state index in [-0.39, 0.29) is 19.1 Å². The molecule has 0 aromatic heterocycles. The molecular formula is C29H39NO9. The zero-order chi connectivity index (χ0) is 28.0. The SMILES string of the molecule is COC(=O)C[C@](O)(CCCC(C)(C)O)C(=O)O[C@H]1C(OC)=C[C@]23CCCN2CCc2cc4c(cc2[C@@H]13)OCO4. The van der Waals surface area contributed by atoms with Gasteiger partial charge >= 0.3 is 11.9 Å². The zero-order valence-electron chi connectivity index (χ0n) is 23.2. The van der Waals surface area contributed by atoms with Gasteiger partial charge in [-0.05, 0) is 88.3 Å². The van der Waals surface area contributed by atoms with E-state index in [4.69, 9.17) is 23.7 Å². The molecule has 0 radical (unpaired) electrons. The summed E-state index contributed by atoms with van der Waals surface area (Å²) in [6.07, 6.45) is 3.94. The van der Waals surface area contributed by atoms with Crippen molar-refractivity contribution in [3.05, 3.63) is 35.1 Å². The van der Waals surface area contributed by atoms with Crippen LogP contribution in [0, 0.1) is 0 Å². The Morgan fingerprint density at radius 1 is 1.13 bits per heavy atom. The van der Waals surface area contributed by atoms with Gasteiger partial charge in [0.2, 0.25) is 6.79 Å². The summed E-state index contributed by atoms with van der Waals surface area (Å²) in [6, 6.07) is 4.00. The molecule has 10 heteroatoms. The Balaban J connectivity index is 1.50. The van der Waals surface area contributed by atoms with Gasteiger partial charge in [-0.2, -0.15) is 0 Å². The third-order valence-electron chi connectivity index (χ3n) is 8.62. The first kappa shape index (κ1) is 27.7. The van der Waals surface area contributed by atoms with Gasteiger partial charge in [-0.15, -0.1) is 0 Å². The van der Waals surface area contributed by atoms with Gasteiger partial charge in [0.1, 0.15) is 5.76 Å². The Bertz CT molecular complexity index is 1160. The van der Waals surface area contributed by atoms with Crippen LogP contribution < -0.4 is 9.47 Å². The van der Waals surface area contributed by atoms with Crippen LogP contribution in [0.15, 0.2) is 24.0 Å². The normalized spacial score (nSPS) is 27.0. The molecule has 4 atom stereocenters. The third kappa shape index (κ3) is 5.10.